The maximum absolute atomic E-state index is 12.8. The van der Waals surface area contributed by atoms with Crippen LogP contribution in [0.3, 0.4) is 0 Å². The van der Waals surface area contributed by atoms with Gasteiger partial charge >= 0.3 is 5.97 Å². The number of aromatic amines is 1. The van der Waals surface area contributed by atoms with Crippen LogP contribution in [-0.2, 0) is 19.5 Å². The molecule has 0 saturated heterocycles. The van der Waals surface area contributed by atoms with E-state index in [0.29, 0.717) is 28.2 Å². The van der Waals surface area contributed by atoms with Gasteiger partial charge in [0.15, 0.2) is 0 Å². The predicted octanol–water partition coefficient (Wildman–Crippen LogP) is 3.80. The van der Waals surface area contributed by atoms with Gasteiger partial charge in [0, 0.05) is 24.2 Å². The van der Waals surface area contributed by atoms with Crippen LogP contribution in [0.4, 0.5) is 11.4 Å². The summed E-state index contributed by atoms with van der Waals surface area (Å²) in [4.78, 5) is 28.2. The van der Waals surface area contributed by atoms with E-state index in [0.717, 1.165) is 5.56 Å². The number of sulfonamides is 1. The smallest absolute Gasteiger partial charge is 0.340 e. The molecule has 0 radical (unpaired) electrons. The number of amides is 1. The summed E-state index contributed by atoms with van der Waals surface area (Å²) >= 11 is 0. The lowest BCUT2D eigenvalue weighted by Crippen LogP contribution is -2.15. The number of aromatic nitrogens is 1. The molecule has 34 heavy (non-hydrogen) atoms. The van der Waals surface area contributed by atoms with E-state index in [2.05, 4.69) is 15.0 Å². The standard InChI is InChI=1S/C24H27N3O6S/c1-15-5-11-20(12-6-15)34(30,31)27-19-9-7-18(8-10-19)26-23(28)22-16(2)21(17(3)25-22)24(29)33-14-13-32-4/h5-12,25,27H,13-14H2,1-4H3,(H,26,28). The first-order valence-electron chi connectivity index (χ1n) is 10.5. The quantitative estimate of drug-likeness (QED) is 0.313. The van der Waals surface area contributed by atoms with Crippen LogP contribution < -0.4 is 10.0 Å². The summed E-state index contributed by atoms with van der Waals surface area (Å²) in [6.07, 6.45) is 0. The Morgan fingerprint density at radius 2 is 1.53 bits per heavy atom. The van der Waals surface area contributed by atoms with Crippen LogP contribution in [0.2, 0.25) is 0 Å². The van der Waals surface area contributed by atoms with E-state index >= 15 is 0 Å². The molecule has 2 aromatic carbocycles. The molecule has 0 fully saturated rings. The fraction of sp³-hybridized carbons (Fsp3) is 0.250. The summed E-state index contributed by atoms with van der Waals surface area (Å²) in [7, 11) is -2.22. The van der Waals surface area contributed by atoms with Gasteiger partial charge in [-0.3, -0.25) is 9.52 Å². The predicted molar refractivity (Wildman–Crippen MR) is 129 cm³/mol. The molecule has 180 valence electrons. The number of methoxy groups -OCH3 is 1. The van der Waals surface area contributed by atoms with Gasteiger partial charge in [-0.2, -0.15) is 0 Å². The highest BCUT2D eigenvalue weighted by molar-refractivity contribution is 7.92. The largest absolute Gasteiger partial charge is 0.460 e. The highest BCUT2D eigenvalue weighted by Crippen LogP contribution is 2.22. The van der Waals surface area contributed by atoms with Crippen molar-refractivity contribution < 1.29 is 27.5 Å². The number of esters is 1. The lowest BCUT2D eigenvalue weighted by atomic mass is 10.1. The van der Waals surface area contributed by atoms with E-state index in [1.165, 1.54) is 19.2 Å². The molecule has 0 saturated carbocycles. The molecule has 3 aromatic rings. The van der Waals surface area contributed by atoms with Gasteiger partial charge in [0.1, 0.15) is 12.3 Å². The first-order valence-corrected chi connectivity index (χ1v) is 12.0. The summed E-state index contributed by atoms with van der Waals surface area (Å²) in [5, 5.41) is 2.74. The number of rotatable bonds is 9. The van der Waals surface area contributed by atoms with Crippen molar-refractivity contribution in [2.75, 3.05) is 30.4 Å². The minimum Gasteiger partial charge on any atom is -0.460 e. The monoisotopic (exact) mass is 485 g/mol. The Bertz CT molecular complexity index is 1280. The van der Waals surface area contributed by atoms with Crippen LogP contribution in [0.25, 0.3) is 0 Å². The van der Waals surface area contributed by atoms with Gasteiger partial charge in [0.2, 0.25) is 0 Å². The van der Waals surface area contributed by atoms with Gasteiger partial charge in [-0.1, -0.05) is 17.7 Å². The van der Waals surface area contributed by atoms with Gasteiger partial charge in [-0.05, 0) is 62.7 Å². The van der Waals surface area contributed by atoms with E-state index in [4.69, 9.17) is 9.47 Å². The number of H-pyrrole nitrogens is 1. The van der Waals surface area contributed by atoms with Crippen molar-refractivity contribution in [1.82, 2.24) is 4.98 Å². The van der Waals surface area contributed by atoms with Crippen molar-refractivity contribution in [2.24, 2.45) is 0 Å². The number of nitrogens with one attached hydrogen (secondary N) is 3. The van der Waals surface area contributed by atoms with Gasteiger partial charge < -0.3 is 19.8 Å². The number of benzene rings is 2. The third-order valence-corrected chi connectivity index (χ3v) is 6.51. The zero-order chi connectivity index (χ0) is 24.9. The lowest BCUT2D eigenvalue weighted by molar-refractivity contribution is 0.0386. The zero-order valence-corrected chi connectivity index (χ0v) is 20.2. The third-order valence-electron chi connectivity index (χ3n) is 5.12. The summed E-state index contributed by atoms with van der Waals surface area (Å²) in [5.74, 6) is -0.975. The normalized spacial score (nSPS) is 11.2. The van der Waals surface area contributed by atoms with E-state index in [1.54, 1.807) is 50.2 Å². The Labute approximate surface area is 198 Å². The molecule has 0 atom stereocenters. The molecule has 3 N–H and O–H groups in total. The Balaban J connectivity index is 1.69. The summed E-state index contributed by atoms with van der Waals surface area (Å²) in [6.45, 7) is 5.61. The number of carbonyl (C=O) groups is 2. The Kier molecular flexibility index (Phi) is 7.75. The summed E-state index contributed by atoms with van der Waals surface area (Å²) in [5.41, 5.74) is 3.31. The van der Waals surface area contributed by atoms with E-state index in [9.17, 15) is 18.0 Å². The van der Waals surface area contributed by atoms with Crippen LogP contribution in [0, 0.1) is 20.8 Å². The van der Waals surface area contributed by atoms with Crippen molar-refractivity contribution in [3.63, 3.8) is 0 Å². The van der Waals surface area contributed by atoms with Crippen LogP contribution in [0.1, 0.15) is 37.7 Å². The van der Waals surface area contributed by atoms with Crippen molar-refractivity contribution in [1.29, 1.82) is 0 Å². The molecule has 0 bridgehead atoms. The van der Waals surface area contributed by atoms with Gasteiger partial charge in [0.25, 0.3) is 15.9 Å². The molecular formula is C24H27N3O6S. The second kappa shape index (κ2) is 10.5. The second-order valence-corrected chi connectivity index (χ2v) is 9.39. The number of ether oxygens (including phenoxy) is 2. The number of hydrogen-bond acceptors (Lipinski definition) is 6. The SMILES string of the molecule is COCCOC(=O)c1c(C)[nH]c(C(=O)Nc2ccc(NS(=O)(=O)c3ccc(C)cc3)cc2)c1C. The van der Waals surface area contributed by atoms with E-state index < -0.39 is 21.9 Å². The maximum Gasteiger partial charge on any atom is 0.340 e. The highest BCUT2D eigenvalue weighted by Gasteiger charge is 2.23. The van der Waals surface area contributed by atoms with Gasteiger partial charge in [-0.15, -0.1) is 0 Å². The van der Waals surface area contributed by atoms with Crippen molar-refractivity contribution in [3.8, 4) is 0 Å². The number of aryl methyl sites for hydroxylation is 2. The minimum atomic E-state index is -3.73. The van der Waals surface area contributed by atoms with Gasteiger partial charge in [-0.25, -0.2) is 13.2 Å². The Morgan fingerprint density at radius 1 is 0.912 bits per heavy atom. The van der Waals surface area contributed by atoms with Crippen LogP contribution in [-0.4, -0.2) is 45.6 Å². The second-order valence-electron chi connectivity index (χ2n) is 7.70. The zero-order valence-electron chi connectivity index (χ0n) is 19.4. The van der Waals surface area contributed by atoms with E-state index in [-0.39, 0.29) is 23.8 Å². The first kappa shape index (κ1) is 25.0. The van der Waals surface area contributed by atoms with Crippen molar-refractivity contribution in [2.45, 2.75) is 25.7 Å². The molecule has 0 aliphatic rings. The molecule has 9 nitrogen and oxygen atoms in total. The molecule has 10 heteroatoms. The molecule has 0 aliphatic carbocycles. The topological polar surface area (TPSA) is 127 Å². The van der Waals surface area contributed by atoms with E-state index in [1.807, 2.05) is 6.92 Å². The molecule has 0 aliphatic heterocycles. The molecule has 3 rings (SSSR count). The fourth-order valence-electron chi connectivity index (χ4n) is 3.32. The number of anilines is 2. The molecule has 0 unspecified atom stereocenters. The van der Waals surface area contributed by atoms with Gasteiger partial charge in [0.05, 0.1) is 17.1 Å². The Morgan fingerprint density at radius 3 is 2.15 bits per heavy atom. The molecule has 1 amide bonds. The van der Waals surface area contributed by atoms with Crippen LogP contribution in [0.5, 0.6) is 0 Å². The maximum atomic E-state index is 12.8. The van der Waals surface area contributed by atoms with Crippen LogP contribution >= 0.6 is 0 Å². The first-order chi connectivity index (χ1) is 16.1. The lowest BCUT2D eigenvalue weighted by Gasteiger charge is -2.10. The highest BCUT2D eigenvalue weighted by atomic mass is 32.2. The minimum absolute atomic E-state index is 0.112. The average Bonchev–Trinajstić information content (AvgIpc) is 3.09. The fourth-order valence-corrected chi connectivity index (χ4v) is 4.38. The molecule has 1 aromatic heterocycles. The molecular weight excluding hydrogens is 458 g/mol. The molecule has 1 heterocycles. The number of carbonyl (C=O) groups excluding carboxylic acids is 2. The van der Waals surface area contributed by atoms with Crippen LogP contribution in [0.15, 0.2) is 53.4 Å². The van der Waals surface area contributed by atoms with Crippen molar-refractivity contribution in [3.05, 3.63) is 76.6 Å². The number of hydrogen-bond donors (Lipinski definition) is 3. The molecule has 0 spiro atoms. The summed E-state index contributed by atoms with van der Waals surface area (Å²) in [6, 6.07) is 12.8. The summed E-state index contributed by atoms with van der Waals surface area (Å²) < 4.78 is 37.6. The third kappa shape index (κ3) is 5.83. The Hall–Kier alpha value is -3.63. The van der Waals surface area contributed by atoms with Crippen molar-refractivity contribution >= 4 is 33.3 Å². The average molecular weight is 486 g/mol.